The summed E-state index contributed by atoms with van der Waals surface area (Å²) in [6, 6.07) is 0.0119. The molecule has 5 nitrogen and oxygen atoms in total. The summed E-state index contributed by atoms with van der Waals surface area (Å²) in [6.07, 6.45) is 3.19. The summed E-state index contributed by atoms with van der Waals surface area (Å²) in [5.41, 5.74) is 0. The lowest BCUT2D eigenvalue weighted by Gasteiger charge is -2.15. The third kappa shape index (κ3) is 4.20. The molecule has 0 bridgehead atoms. The molecule has 1 atom stereocenters. The van der Waals surface area contributed by atoms with Crippen molar-refractivity contribution in [3.63, 3.8) is 0 Å². The zero-order chi connectivity index (χ0) is 11.8. The average molecular weight is 246 g/mol. The van der Waals surface area contributed by atoms with Crippen molar-refractivity contribution < 1.29 is 9.47 Å². The molecule has 0 saturated carbocycles. The Bertz CT molecular complexity index is 312. The average Bonchev–Trinajstić information content (AvgIpc) is 2.29. The maximum Gasteiger partial charge on any atom is 0.234 e. The fraction of sp³-hybridized carbons (Fsp3) is 0.600. The molecule has 1 aromatic heterocycles. The summed E-state index contributed by atoms with van der Waals surface area (Å²) in [5.74, 6) is 1.57. The number of ether oxygens (including phenoxy) is 2. The standard InChI is InChI=1S/C10H16ClN3O2/c1-3-16-10-6-12-5-9(14-10)13-8(4-11)7-15-2/h5-6,8H,3-4,7H2,1-2H3,(H,13,14). The van der Waals surface area contributed by atoms with Crippen LogP contribution in [0.5, 0.6) is 5.88 Å². The second kappa shape index (κ2) is 7.24. The van der Waals surface area contributed by atoms with Crippen LogP contribution in [0.1, 0.15) is 6.92 Å². The molecule has 0 spiro atoms. The molecular formula is C10H16ClN3O2. The lowest BCUT2D eigenvalue weighted by molar-refractivity contribution is 0.191. The van der Waals surface area contributed by atoms with E-state index in [9.17, 15) is 0 Å². The van der Waals surface area contributed by atoms with Crippen LogP contribution in [0.4, 0.5) is 5.82 Å². The molecule has 0 aliphatic carbocycles. The number of nitrogens with zero attached hydrogens (tertiary/aromatic N) is 2. The van der Waals surface area contributed by atoms with Crippen LogP contribution < -0.4 is 10.1 Å². The molecular weight excluding hydrogens is 230 g/mol. The number of alkyl halides is 1. The maximum absolute atomic E-state index is 5.78. The highest BCUT2D eigenvalue weighted by Gasteiger charge is 2.08. The van der Waals surface area contributed by atoms with E-state index in [2.05, 4.69) is 15.3 Å². The van der Waals surface area contributed by atoms with Crippen LogP contribution in [0.25, 0.3) is 0 Å². The second-order valence-electron chi connectivity index (χ2n) is 3.13. The number of hydrogen-bond donors (Lipinski definition) is 1. The zero-order valence-corrected chi connectivity index (χ0v) is 10.2. The molecule has 0 radical (unpaired) electrons. The Morgan fingerprint density at radius 3 is 2.94 bits per heavy atom. The number of rotatable bonds is 7. The molecule has 1 heterocycles. The third-order valence-corrected chi connectivity index (χ3v) is 2.18. The van der Waals surface area contributed by atoms with Gasteiger partial charge in [0.05, 0.1) is 31.6 Å². The number of nitrogens with one attached hydrogen (secondary N) is 1. The Kier molecular flexibility index (Phi) is 5.88. The van der Waals surface area contributed by atoms with Crippen molar-refractivity contribution in [1.82, 2.24) is 9.97 Å². The van der Waals surface area contributed by atoms with Crippen LogP contribution in [-0.4, -0.2) is 42.2 Å². The van der Waals surface area contributed by atoms with Gasteiger partial charge >= 0.3 is 0 Å². The highest BCUT2D eigenvalue weighted by atomic mass is 35.5. The van der Waals surface area contributed by atoms with Gasteiger partial charge in [-0.05, 0) is 6.92 Å². The summed E-state index contributed by atoms with van der Waals surface area (Å²) in [4.78, 5) is 8.24. The summed E-state index contributed by atoms with van der Waals surface area (Å²) in [7, 11) is 1.63. The lowest BCUT2D eigenvalue weighted by Crippen LogP contribution is -2.27. The molecule has 1 rings (SSSR count). The van der Waals surface area contributed by atoms with Gasteiger partial charge in [-0.1, -0.05) is 0 Å². The highest BCUT2D eigenvalue weighted by Crippen LogP contribution is 2.10. The Morgan fingerprint density at radius 1 is 1.50 bits per heavy atom. The second-order valence-corrected chi connectivity index (χ2v) is 3.44. The molecule has 1 aromatic rings. The Balaban J connectivity index is 2.60. The Morgan fingerprint density at radius 2 is 2.31 bits per heavy atom. The van der Waals surface area contributed by atoms with Crippen molar-refractivity contribution in [3.05, 3.63) is 12.4 Å². The van der Waals surface area contributed by atoms with E-state index >= 15 is 0 Å². The van der Waals surface area contributed by atoms with Gasteiger partial charge in [-0.3, -0.25) is 4.98 Å². The van der Waals surface area contributed by atoms with Gasteiger partial charge in [0.1, 0.15) is 5.82 Å². The minimum Gasteiger partial charge on any atom is -0.477 e. The van der Waals surface area contributed by atoms with E-state index in [0.29, 0.717) is 30.8 Å². The van der Waals surface area contributed by atoms with Gasteiger partial charge in [-0.2, -0.15) is 4.98 Å². The van der Waals surface area contributed by atoms with Crippen molar-refractivity contribution in [2.45, 2.75) is 13.0 Å². The van der Waals surface area contributed by atoms with E-state index in [0.717, 1.165) is 0 Å². The largest absolute Gasteiger partial charge is 0.477 e. The van der Waals surface area contributed by atoms with Gasteiger partial charge in [0.15, 0.2) is 0 Å². The topological polar surface area (TPSA) is 56.3 Å². The van der Waals surface area contributed by atoms with Crippen LogP contribution in [0, 0.1) is 0 Å². The van der Waals surface area contributed by atoms with E-state index in [1.165, 1.54) is 0 Å². The van der Waals surface area contributed by atoms with Gasteiger partial charge < -0.3 is 14.8 Å². The summed E-state index contributed by atoms with van der Waals surface area (Å²) >= 11 is 5.78. The number of anilines is 1. The highest BCUT2D eigenvalue weighted by molar-refractivity contribution is 6.18. The van der Waals surface area contributed by atoms with E-state index < -0.39 is 0 Å². The van der Waals surface area contributed by atoms with Crippen molar-refractivity contribution in [2.75, 3.05) is 31.5 Å². The maximum atomic E-state index is 5.78. The molecule has 0 amide bonds. The van der Waals surface area contributed by atoms with Crippen molar-refractivity contribution in [2.24, 2.45) is 0 Å². The molecule has 6 heteroatoms. The number of methoxy groups -OCH3 is 1. The predicted molar refractivity (Wildman–Crippen MR) is 63.2 cm³/mol. The molecule has 0 aromatic carbocycles. The van der Waals surface area contributed by atoms with Crippen LogP contribution in [0.15, 0.2) is 12.4 Å². The molecule has 0 fully saturated rings. The first kappa shape index (κ1) is 13.0. The van der Waals surface area contributed by atoms with Gasteiger partial charge in [-0.25, -0.2) is 0 Å². The smallest absolute Gasteiger partial charge is 0.234 e. The van der Waals surface area contributed by atoms with Crippen LogP contribution in [0.2, 0.25) is 0 Å². The summed E-state index contributed by atoms with van der Waals surface area (Å²) in [6.45, 7) is 2.98. The van der Waals surface area contributed by atoms with E-state index in [1.807, 2.05) is 6.92 Å². The number of aromatic nitrogens is 2. The minimum atomic E-state index is 0.0119. The van der Waals surface area contributed by atoms with E-state index in [1.54, 1.807) is 19.5 Å². The van der Waals surface area contributed by atoms with Crippen LogP contribution >= 0.6 is 11.6 Å². The van der Waals surface area contributed by atoms with Crippen molar-refractivity contribution in [3.8, 4) is 5.88 Å². The van der Waals surface area contributed by atoms with E-state index in [-0.39, 0.29) is 6.04 Å². The SMILES string of the molecule is CCOc1cncc(NC(CCl)COC)n1. The molecule has 1 unspecified atom stereocenters. The fourth-order valence-electron chi connectivity index (χ4n) is 1.17. The molecule has 1 N–H and O–H groups in total. The quantitative estimate of drug-likeness (QED) is 0.739. The summed E-state index contributed by atoms with van der Waals surface area (Å²) < 4.78 is 10.3. The van der Waals surface area contributed by atoms with E-state index in [4.69, 9.17) is 21.1 Å². The first-order valence-corrected chi connectivity index (χ1v) is 5.59. The number of halogens is 1. The molecule has 16 heavy (non-hydrogen) atoms. The molecule has 0 saturated heterocycles. The monoisotopic (exact) mass is 245 g/mol. The molecule has 0 aliphatic rings. The molecule has 0 aliphatic heterocycles. The normalized spacial score (nSPS) is 12.2. The van der Waals surface area contributed by atoms with Crippen molar-refractivity contribution in [1.29, 1.82) is 0 Å². The molecule has 90 valence electrons. The zero-order valence-electron chi connectivity index (χ0n) is 9.44. The third-order valence-electron chi connectivity index (χ3n) is 1.81. The van der Waals surface area contributed by atoms with Crippen molar-refractivity contribution >= 4 is 17.4 Å². The lowest BCUT2D eigenvalue weighted by atomic mass is 10.3. The van der Waals surface area contributed by atoms with Gasteiger partial charge in [0.2, 0.25) is 5.88 Å². The minimum absolute atomic E-state index is 0.0119. The summed E-state index contributed by atoms with van der Waals surface area (Å²) in [5, 5.41) is 3.12. The first-order valence-electron chi connectivity index (χ1n) is 5.06. The first-order chi connectivity index (χ1) is 7.80. The Hall–Kier alpha value is -1.07. The Labute approximate surface area is 100 Å². The fourth-order valence-corrected chi connectivity index (χ4v) is 1.34. The van der Waals surface area contributed by atoms with Gasteiger partial charge in [0.25, 0.3) is 0 Å². The van der Waals surface area contributed by atoms with Crippen LogP contribution in [0.3, 0.4) is 0 Å². The predicted octanol–water partition coefficient (Wildman–Crippen LogP) is 1.54. The number of hydrogen-bond acceptors (Lipinski definition) is 5. The van der Waals surface area contributed by atoms with Gasteiger partial charge in [0, 0.05) is 13.0 Å². The van der Waals surface area contributed by atoms with Gasteiger partial charge in [-0.15, -0.1) is 11.6 Å². The van der Waals surface area contributed by atoms with Crippen LogP contribution in [-0.2, 0) is 4.74 Å².